The summed E-state index contributed by atoms with van der Waals surface area (Å²) in [7, 11) is 0. The minimum Gasteiger partial charge on any atom is -0.507 e. The van der Waals surface area contributed by atoms with E-state index in [0.29, 0.717) is 24.9 Å². The fourth-order valence-electron chi connectivity index (χ4n) is 3.69. The van der Waals surface area contributed by atoms with E-state index in [1.54, 1.807) is 0 Å². The zero-order valence-corrected chi connectivity index (χ0v) is 14.6. The van der Waals surface area contributed by atoms with Gasteiger partial charge in [0.1, 0.15) is 28.9 Å². The molecule has 2 aliphatic heterocycles. The number of nitrogens with one attached hydrogen (secondary N) is 2. The van der Waals surface area contributed by atoms with Gasteiger partial charge in [-0.3, -0.25) is 4.79 Å². The van der Waals surface area contributed by atoms with Crippen LogP contribution >= 0.6 is 0 Å². The molecule has 0 spiro atoms. The highest BCUT2D eigenvalue weighted by molar-refractivity contribution is 6.03. The van der Waals surface area contributed by atoms with Crippen LogP contribution in [0.15, 0.2) is 36.4 Å². The van der Waals surface area contributed by atoms with Crippen molar-refractivity contribution < 1.29 is 24.5 Å². The van der Waals surface area contributed by atoms with Gasteiger partial charge in [0.05, 0.1) is 18.0 Å². The van der Waals surface area contributed by atoms with E-state index in [1.807, 2.05) is 30.3 Å². The molecule has 27 heavy (non-hydrogen) atoms. The van der Waals surface area contributed by atoms with E-state index in [2.05, 4.69) is 10.6 Å². The number of urea groups is 1. The molecule has 2 heterocycles. The van der Waals surface area contributed by atoms with E-state index in [1.165, 1.54) is 0 Å². The highest BCUT2D eigenvalue weighted by Crippen LogP contribution is 2.48. The van der Waals surface area contributed by atoms with Crippen LogP contribution in [0.4, 0.5) is 4.79 Å². The van der Waals surface area contributed by atoms with Gasteiger partial charge in [-0.1, -0.05) is 30.3 Å². The second-order valence-corrected chi connectivity index (χ2v) is 6.77. The number of Topliss-reactive ketones (excluding diaryl/α,β-unsaturated/α-hetero) is 1. The van der Waals surface area contributed by atoms with Crippen LogP contribution in [0.3, 0.4) is 0 Å². The largest absolute Gasteiger partial charge is 0.507 e. The van der Waals surface area contributed by atoms with Crippen molar-refractivity contribution in [2.75, 3.05) is 6.54 Å². The van der Waals surface area contributed by atoms with Gasteiger partial charge in [-0.15, -0.1) is 0 Å². The average Bonchev–Trinajstić information content (AvgIpc) is 2.86. The number of fused-ring (bicyclic) bond motifs is 1. The lowest BCUT2D eigenvalue weighted by Crippen LogP contribution is -2.35. The molecule has 0 aromatic heterocycles. The first-order chi connectivity index (χ1) is 13.0. The van der Waals surface area contributed by atoms with Gasteiger partial charge in [0.2, 0.25) is 0 Å². The topological polar surface area (TPSA) is 108 Å². The first-order valence-corrected chi connectivity index (χ1v) is 8.92. The Bertz CT molecular complexity index is 897. The van der Waals surface area contributed by atoms with Crippen molar-refractivity contribution in [3.8, 4) is 17.2 Å². The molecular weight excluding hydrogens is 348 g/mol. The summed E-state index contributed by atoms with van der Waals surface area (Å²) in [6.45, 7) is 0.524. The lowest BCUT2D eigenvalue weighted by Gasteiger charge is -2.30. The van der Waals surface area contributed by atoms with E-state index in [-0.39, 0.29) is 41.0 Å². The normalized spacial score (nSPS) is 22.1. The Morgan fingerprint density at radius 1 is 1.07 bits per heavy atom. The fraction of sp³-hybridized carbons (Fsp3) is 0.300. The molecule has 1 unspecified atom stereocenters. The molecule has 4 rings (SSSR count). The van der Waals surface area contributed by atoms with E-state index in [9.17, 15) is 19.8 Å². The summed E-state index contributed by atoms with van der Waals surface area (Å²) in [5.41, 5.74) is 1.21. The molecular formula is C20H20N2O5. The number of rotatable bonds is 2. The summed E-state index contributed by atoms with van der Waals surface area (Å²) in [6, 6.07) is 9.59. The number of aromatic hydroxyl groups is 2. The highest BCUT2D eigenvalue weighted by atomic mass is 16.5. The monoisotopic (exact) mass is 368 g/mol. The molecule has 2 aliphatic rings. The summed E-state index contributed by atoms with van der Waals surface area (Å²) in [4.78, 5) is 24.6. The molecule has 7 nitrogen and oxygen atoms in total. The summed E-state index contributed by atoms with van der Waals surface area (Å²) < 4.78 is 6.10. The smallest absolute Gasteiger partial charge is 0.315 e. The SMILES string of the molecule is O=C1NCCCC(c2c(O)cc(O)c3c2O[C@H](c2ccccc2)CC3=O)N1. The van der Waals surface area contributed by atoms with Gasteiger partial charge in [-0.05, 0) is 18.4 Å². The van der Waals surface area contributed by atoms with E-state index >= 15 is 0 Å². The molecule has 4 N–H and O–H groups in total. The van der Waals surface area contributed by atoms with Crippen LogP contribution in [0.1, 0.15) is 52.9 Å². The zero-order valence-electron chi connectivity index (χ0n) is 14.6. The summed E-state index contributed by atoms with van der Waals surface area (Å²) >= 11 is 0. The third-order valence-corrected chi connectivity index (χ3v) is 4.97. The second-order valence-electron chi connectivity index (χ2n) is 6.77. The number of carbonyl (C=O) groups is 2. The van der Waals surface area contributed by atoms with Crippen molar-refractivity contribution in [2.45, 2.75) is 31.4 Å². The van der Waals surface area contributed by atoms with Crippen molar-refractivity contribution in [1.82, 2.24) is 10.6 Å². The minimum absolute atomic E-state index is 0.0569. The van der Waals surface area contributed by atoms with Gasteiger partial charge in [0, 0.05) is 12.6 Å². The predicted molar refractivity (Wildman–Crippen MR) is 97.0 cm³/mol. The average molecular weight is 368 g/mol. The fourth-order valence-corrected chi connectivity index (χ4v) is 3.69. The Labute approximate surface area is 156 Å². The van der Waals surface area contributed by atoms with Gasteiger partial charge in [0.25, 0.3) is 0 Å². The molecule has 1 fully saturated rings. The van der Waals surface area contributed by atoms with Crippen molar-refractivity contribution in [3.63, 3.8) is 0 Å². The standard InChI is InChI=1S/C20H20N2O5/c23-13-9-14(24)18-15(25)10-16(11-5-2-1-3-6-11)27-19(18)17(13)12-7-4-8-21-20(26)22-12/h1-3,5-6,9,12,16,23-24H,4,7-8,10H2,(H2,21,22,26)/t12?,16-/m0/s1. The van der Waals surface area contributed by atoms with Gasteiger partial charge in [-0.25, -0.2) is 4.79 Å². The molecule has 1 saturated heterocycles. The van der Waals surface area contributed by atoms with Crippen LogP contribution < -0.4 is 15.4 Å². The molecule has 0 bridgehead atoms. The first-order valence-electron chi connectivity index (χ1n) is 8.92. The van der Waals surface area contributed by atoms with Crippen LogP contribution in [0.2, 0.25) is 0 Å². The number of phenolic OH excluding ortho intramolecular Hbond substituents is 2. The maximum atomic E-state index is 12.7. The molecule has 7 heteroatoms. The van der Waals surface area contributed by atoms with E-state index < -0.39 is 12.1 Å². The van der Waals surface area contributed by atoms with Crippen LogP contribution in [0.5, 0.6) is 17.2 Å². The molecule has 2 aromatic carbocycles. The van der Waals surface area contributed by atoms with Gasteiger partial charge < -0.3 is 25.6 Å². The summed E-state index contributed by atoms with van der Waals surface area (Å²) in [6.07, 6.45) is 0.838. The number of ketones is 1. The molecule has 0 radical (unpaired) electrons. The third-order valence-electron chi connectivity index (χ3n) is 4.97. The molecule has 2 atom stereocenters. The van der Waals surface area contributed by atoms with Crippen molar-refractivity contribution in [1.29, 1.82) is 0 Å². The van der Waals surface area contributed by atoms with Crippen LogP contribution in [-0.2, 0) is 0 Å². The van der Waals surface area contributed by atoms with Crippen molar-refractivity contribution in [2.24, 2.45) is 0 Å². The Kier molecular flexibility index (Phi) is 4.35. The van der Waals surface area contributed by atoms with Gasteiger partial charge in [0.15, 0.2) is 5.78 Å². The number of carbonyl (C=O) groups excluding carboxylic acids is 2. The number of hydrogen-bond donors (Lipinski definition) is 4. The quantitative estimate of drug-likeness (QED) is 0.652. The number of ether oxygens (including phenoxy) is 1. The van der Waals surface area contributed by atoms with Crippen LogP contribution in [0, 0.1) is 0 Å². The second kappa shape index (κ2) is 6.83. The van der Waals surface area contributed by atoms with Crippen molar-refractivity contribution in [3.05, 3.63) is 53.1 Å². The number of amides is 2. The Hall–Kier alpha value is -3.22. The number of hydrogen-bond acceptors (Lipinski definition) is 5. The summed E-state index contributed by atoms with van der Waals surface area (Å²) in [5, 5.41) is 26.2. The number of phenols is 2. The molecule has 140 valence electrons. The summed E-state index contributed by atoms with van der Waals surface area (Å²) in [5.74, 6) is -0.646. The van der Waals surface area contributed by atoms with Gasteiger partial charge >= 0.3 is 6.03 Å². The minimum atomic E-state index is -0.524. The van der Waals surface area contributed by atoms with Crippen molar-refractivity contribution >= 4 is 11.8 Å². The molecule has 0 saturated carbocycles. The van der Waals surface area contributed by atoms with Crippen LogP contribution in [0.25, 0.3) is 0 Å². The molecule has 2 aromatic rings. The Morgan fingerprint density at radius 2 is 1.85 bits per heavy atom. The zero-order chi connectivity index (χ0) is 19.0. The van der Waals surface area contributed by atoms with Crippen LogP contribution in [-0.4, -0.2) is 28.6 Å². The maximum absolute atomic E-state index is 12.7. The van der Waals surface area contributed by atoms with Gasteiger partial charge in [-0.2, -0.15) is 0 Å². The highest BCUT2D eigenvalue weighted by Gasteiger charge is 2.36. The molecule has 0 aliphatic carbocycles. The maximum Gasteiger partial charge on any atom is 0.315 e. The first kappa shape index (κ1) is 17.2. The number of benzene rings is 2. The van der Waals surface area contributed by atoms with E-state index in [4.69, 9.17) is 4.74 Å². The predicted octanol–water partition coefficient (Wildman–Crippen LogP) is 2.94. The Morgan fingerprint density at radius 3 is 2.63 bits per heavy atom. The lowest BCUT2D eigenvalue weighted by molar-refractivity contribution is 0.0841. The third kappa shape index (κ3) is 3.16. The Balaban J connectivity index is 1.81. The van der Waals surface area contributed by atoms with E-state index in [0.717, 1.165) is 11.6 Å². The molecule has 2 amide bonds. The lowest BCUT2D eigenvalue weighted by atomic mass is 9.90.